The number of sulfone groups is 1. The van der Waals surface area contributed by atoms with Crippen molar-refractivity contribution in [2.45, 2.75) is 4.90 Å². The van der Waals surface area contributed by atoms with Crippen molar-refractivity contribution in [3.8, 4) is 11.1 Å². The summed E-state index contributed by atoms with van der Waals surface area (Å²) < 4.78 is 23.0. The van der Waals surface area contributed by atoms with Gasteiger partial charge in [0, 0.05) is 25.9 Å². The van der Waals surface area contributed by atoms with Gasteiger partial charge in [0.05, 0.1) is 10.6 Å². The van der Waals surface area contributed by atoms with Gasteiger partial charge in [-0.3, -0.25) is 0 Å². The highest BCUT2D eigenvalue weighted by Crippen LogP contribution is 2.30. The summed E-state index contributed by atoms with van der Waals surface area (Å²) in [6.07, 6.45) is 1.19. The molecule has 0 bridgehead atoms. The summed E-state index contributed by atoms with van der Waals surface area (Å²) in [6, 6.07) is 14.3. The van der Waals surface area contributed by atoms with E-state index >= 15 is 0 Å². The van der Waals surface area contributed by atoms with E-state index in [9.17, 15) is 8.42 Å². The van der Waals surface area contributed by atoms with E-state index in [0.717, 1.165) is 16.8 Å². The van der Waals surface area contributed by atoms with Gasteiger partial charge in [-0.1, -0.05) is 30.3 Å². The Balaban J connectivity index is 2.48. The summed E-state index contributed by atoms with van der Waals surface area (Å²) in [6.45, 7) is 0. The molecule has 0 amide bonds. The number of nitrogens with two attached hydrogens (primary N) is 1. The predicted octanol–water partition coefficient (Wildman–Crippen LogP) is 2.26. The molecule has 2 rings (SSSR count). The maximum absolute atomic E-state index is 11.5. The Labute approximate surface area is 131 Å². The molecule has 0 aromatic heterocycles. The van der Waals surface area contributed by atoms with Crippen LogP contribution in [0.3, 0.4) is 0 Å². The molecule has 0 atom stereocenters. The molecule has 2 aromatic carbocycles. The van der Waals surface area contributed by atoms with Crippen molar-refractivity contribution >= 4 is 21.5 Å². The normalized spacial score (nSPS) is 12.2. The van der Waals surface area contributed by atoms with Crippen molar-refractivity contribution in [2.24, 2.45) is 10.7 Å². The quantitative estimate of drug-likeness (QED) is 0.696. The van der Waals surface area contributed by atoms with Crippen molar-refractivity contribution < 1.29 is 8.42 Å². The van der Waals surface area contributed by atoms with Crippen LogP contribution in [0.5, 0.6) is 0 Å². The van der Waals surface area contributed by atoms with E-state index in [1.807, 2.05) is 38.4 Å². The summed E-state index contributed by atoms with van der Waals surface area (Å²) in [5, 5.41) is 0. The highest BCUT2D eigenvalue weighted by Gasteiger charge is 2.09. The zero-order valence-corrected chi connectivity index (χ0v) is 13.6. The number of aliphatic imine (C=N–C) groups is 1. The molecule has 0 unspecified atom stereocenters. The molecule has 2 aromatic rings. The van der Waals surface area contributed by atoms with Crippen LogP contribution in [0.15, 0.2) is 58.4 Å². The molecule has 0 radical (unpaired) electrons. The highest BCUT2D eigenvalue weighted by molar-refractivity contribution is 7.90. The number of guanidine groups is 1. The summed E-state index contributed by atoms with van der Waals surface area (Å²) in [7, 11) is 0.447. The molecule has 5 nitrogen and oxygen atoms in total. The summed E-state index contributed by atoms with van der Waals surface area (Å²) in [5.41, 5.74) is 8.39. The van der Waals surface area contributed by atoms with E-state index in [2.05, 4.69) is 4.99 Å². The van der Waals surface area contributed by atoms with Crippen molar-refractivity contribution in [1.82, 2.24) is 4.90 Å². The van der Waals surface area contributed by atoms with Crippen LogP contribution >= 0.6 is 0 Å². The van der Waals surface area contributed by atoms with Gasteiger partial charge in [-0.05, 0) is 23.8 Å². The van der Waals surface area contributed by atoms with E-state index in [-0.39, 0.29) is 0 Å². The van der Waals surface area contributed by atoms with Crippen LogP contribution in [0.2, 0.25) is 0 Å². The van der Waals surface area contributed by atoms with Gasteiger partial charge < -0.3 is 10.6 Å². The van der Waals surface area contributed by atoms with Gasteiger partial charge >= 0.3 is 0 Å². The molecule has 116 valence electrons. The molecule has 0 fully saturated rings. The van der Waals surface area contributed by atoms with Crippen LogP contribution in [-0.2, 0) is 9.84 Å². The van der Waals surface area contributed by atoms with E-state index in [0.29, 0.717) is 10.9 Å². The number of nitrogens with zero attached hydrogens (tertiary/aromatic N) is 2. The second-order valence-corrected chi connectivity index (χ2v) is 7.19. The molecule has 0 heterocycles. The fourth-order valence-corrected chi connectivity index (χ4v) is 2.55. The Morgan fingerprint density at radius 3 is 2.18 bits per heavy atom. The number of para-hydroxylation sites is 1. The SMILES string of the molecule is CN(C)C(N)=Nc1ccccc1-c1ccc(S(C)(=O)=O)cc1. The first-order chi connectivity index (χ1) is 10.3. The average Bonchev–Trinajstić information content (AvgIpc) is 2.47. The highest BCUT2D eigenvalue weighted by atomic mass is 32.2. The lowest BCUT2D eigenvalue weighted by Crippen LogP contribution is -2.29. The van der Waals surface area contributed by atoms with Crippen LogP contribution in [0, 0.1) is 0 Å². The third-order valence-electron chi connectivity index (χ3n) is 3.19. The van der Waals surface area contributed by atoms with Crippen molar-refractivity contribution in [3.05, 3.63) is 48.5 Å². The minimum atomic E-state index is -3.20. The van der Waals surface area contributed by atoms with Crippen molar-refractivity contribution in [3.63, 3.8) is 0 Å². The summed E-state index contributed by atoms with van der Waals surface area (Å²) >= 11 is 0. The predicted molar refractivity (Wildman–Crippen MR) is 90.0 cm³/mol. The summed E-state index contributed by atoms with van der Waals surface area (Å²) in [5.74, 6) is 0.403. The molecular formula is C16H19N3O2S. The van der Waals surface area contributed by atoms with E-state index in [1.54, 1.807) is 29.2 Å². The van der Waals surface area contributed by atoms with E-state index < -0.39 is 9.84 Å². The van der Waals surface area contributed by atoms with Gasteiger partial charge in [0.15, 0.2) is 15.8 Å². The van der Waals surface area contributed by atoms with Gasteiger partial charge in [-0.2, -0.15) is 0 Å². The van der Waals surface area contributed by atoms with E-state index in [4.69, 9.17) is 5.73 Å². The Morgan fingerprint density at radius 2 is 1.64 bits per heavy atom. The standard InChI is InChI=1S/C16H19N3O2S/c1-19(2)16(17)18-15-7-5-4-6-14(15)12-8-10-13(11-9-12)22(3,20)21/h4-11H,1-3H3,(H2,17,18). The largest absolute Gasteiger partial charge is 0.370 e. The lowest BCUT2D eigenvalue weighted by atomic mass is 10.0. The van der Waals surface area contributed by atoms with Gasteiger partial charge in [-0.25, -0.2) is 13.4 Å². The maximum Gasteiger partial charge on any atom is 0.195 e. The number of hydrogen-bond donors (Lipinski definition) is 1. The van der Waals surface area contributed by atoms with Gasteiger partial charge in [0.1, 0.15) is 0 Å². The fourth-order valence-electron chi connectivity index (χ4n) is 1.92. The minimum Gasteiger partial charge on any atom is -0.370 e. The number of rotatable bonds is 3. The number of hydrogen-bond acceptors (Lipinski definition) is 3. The van der Waals surface area contributed by atoms with Gasteiger partial charge in [0.25, 0.3) is 0 Å². The minimum absolute atomic E-state index is 0.296. The van der Waals surface area contributed by atoms with Gasteiger partial charge in [0.2, 0.25) is 0 Å². The lowest BCUT2D eigenvalue weighted by Gasteiger charge is -2.12. The molecule has 0 saturated carbocycles. The topological polar surface area (TPSA) is 75.8 Å². The Hall–Kier alpha value is -2.34. The van der Waals surface area contributed by atoms with Crippen LogP contribution in [0.4, 0.5) is 5.69 Å². The first-order valence-electron chi connectivity index (χ1n) is 6.70. The van der Waals surface area contributed by atoms with Crippen LogP contribution in [-0.4, -0.2) is 39.6 Å². The molecular weight excluding hydrogens is 298 g/mol. The Kier molecular flexibility index (Phi) is 4.51. The first kappa shape index (κ1) is 16.0. The zero-order valence-electron chi connectivity index (χ0n) is 12.8. The molecule has 6 heteroatoms. The second-order valence-electron chi connectivity index (χ2n) is 5.18. The van der Waals surface area contributed by atoms with E-state index in [1.165, 1.54) is 6.26 Å². The molecule has 0 aliphatic rings. The molecule has 0 saturated heterocycles. The third kappa shape index (κ3) is 3.65. The Bertz CT molecular complexity index is 794. The molecule has 22 heavy (non-hydrogen) atoms. The average molecular weight is 317 g/mol. The van der Waals surface area contributed by atoms with Crippen molar-refractivity contribution in [1.29, 1.82) is 0 Å². The molecule has 0 spiro atoms. The van der Waals surface area contributed by atoms with Crippen LogP contribution < -0.4 is 5.73 Å². The fraction of sp³-hybridized carbons (Fsp3) is 0.188. The summed E-state index contributed by atoms with van der Waals surface area (Å²) in [4.78, 5) is 6.43. The van der Waals surface area contributed by atoms with Crippen LogP contribution in [0.1, 0.15) is 0 Å². The lowest BCUT2D eigenvalue weighted by molar-refractivity contribution is 0.602. The third-order valence-corrected chi connectivity index (χ3v) is 4.32. The maximum atomic E-state index is 11.5. The van der Waals surface area contributed by atoms with Crippen LogP contribution in [0.25, 0.3) is 11.1 Å². The van der Waals surface area contributed by atoms with Gasteiger partial charge in [-0.15, -0.1) is 0 Å². The molecule has 2 N–H and O–H groups in total. The molecule has 0 aliphatic carbocycles. The first-order valence-corrected chi connectivity index (χ1v) is 8.59. The smallest absolute Gasteiger partial charge is 0.195 e. The number of benzene rings is 2. The molecule has 0 aliphatic heterocycles. The van der Waals surface area contributed by atoms with Crippen molar-refractivity contribution in [2.75, 3.05) is 20.4 Å². The second kappa shape index (κ2) is 6.19. The monoisotopic (exact) mass is 317 g/mol. The zero-order chi connectivity index (χ0) is 16.3. The Morgan fingerprint density at radius 1 is 1.05 bits per heavy atom.